The van der Waals surface area contributed by atoms with Crippen molar-refractivity contribution in [3.63, 3.8) is 0 Å². The Bertz CT molecular complexity index is 529. The molecule has 5 heteroatoms. The van der Waals surface area contributed by atoms with Crippen LogP contribution in [0.4, 0.5) is 4.79 Å². The molecular weight excluding hydrogens is 270 g/mol. The van der Waals surface area contributed by atoms with Crippen LogP contribution in [-0.4, -0.2) is 28.8 Å². The van der Waals surface area contributed by atoms with Gasteiger partial charge in [0.05, 0.1) is 0 Å². The van der Waals surface area contributed by atoms with Crippen LogP contribution in [0.25, 0.3) is 0 Å². The molecule has 0 aromatic heterocycles. The zero-order valence-corrected chi connectivity index (χ0v) is 12.6. The summed E-state index contributed by atoms with van der Waals surface area (Å²) in [5.74, 6) is -1.04. The van der Waals surface area contributed by atoms with Crippen LogP contribution in [0.3, 0.4) is 0 Å². The van der Waals surface area contributed by atoms with Crippen molar-refractivity contribution in [2.24, 2.45) is 0 Å². The summed E-state index contributed by atoms with van der Waals surface area (Å²) in [5, 5.41) is 12.0. The Balaban J connectivity index is 2.17. The highest BCUT2D eigenvalue weighted by Crippen LogP contribution is 2.51. The van der Waals surface area contributed by atoms with Crippen LogP contribution in [-0.2, 0) is 14.9 Å². The van der Waals surface area contributed by atoms with E-state index in [0.717, 1.165) is 18.4 Å². The van der Waals surface area contributed by atoms with Gasteiger partial charge >= 0.3 is 12.1 Å². The second-order valence-corrected chi connectivity index (χ2v) is 6.44. The number of benzene rings is 1. The number of amides is 1. The first-order chi connectivity index (χ1) is 9.74. The van der Waals surface area contributed by atoms with Gasteiger partial charge in [0.25, 0.3) is 0 Å². The zero-order valence-electron chi connectivity index (χ0n) is 12.6. The molecule has 1 aliphatic carbocycles. The molecule has 1 amide bonds. The fraction of sp³-hybridized carbons (Fsp3) is 0.500. The van der Waals surface area contributed by atoms with E-state index >= 15 is 0 Å². The number of rotatable bonds is 4. The summed E-state index contributed by atoms with van der Waals surface area (Å²) >= 11 is 0. The third kappa shape index (κ3) is 3.54. The Morgan fingerprint density at radius 3 is 2.24 bits per heavy atom. The predicted molar refractivity (Wildman–Crippen MR) is 78.1 cm³/mol. The van der Waals surface area contributed by atoms with E-state index in [2.05, 4.69) is 5.32 Å². The van der Waals surface area contributed by atoms with Gasteiger partial charge in [-0.2, -0.15) is 0 Å². The van der Waals surface area contributed by atoms with E-state index in [1.807, 2.05) is 30.3 Å². The Morgan fingerprint density at radius 1 is 1.24 bits per heavy atom. The molecule has 0 heterocycles. The Morgan fingerprint density at radius 2 is 1.81 bits per heavy atom. The predicted octanol–water partition coefficient (Wildman–Crippen LogP) is 2.70. The van der Waals surface area contributed by atoms with Crippen LogP contribution >= 0.6 is 0 Å². The minimum Gasteiger partial charge on any atom is -0.480 e. The van der Waals surface area contributed by atoms with Crippen LogP contribution in [0, 0.1) is 0 Å². The van der Waals surface area contributed by atoms with E-state index in [1.54, 1.807) is 20.8 Å². The van der Waals surface area contributed by atoms with Crippen molar-refractivity contribution in [2.45, 2.75) is 50.7 Å². The Hall–Kier alpha value is -2.04. The maximum absolute atomic E-state index is 11.9. The summed E-state index contributed by atoms with van der Waals surface area (Å²) in [6.45, 7) is 5.23. The SMILES string of the molecule is CC(C)(C)OC(=O)N[C@@H](C(=O)O)C1(c2ccccc2)CC1. The largest absolute Gasteiger partial charge is 0.480 e. The molecule has 1 saturated carbocycles. The van der Waals surface area contributed by atoms with E-state index in [4.69, 9.17) is 4.74 Å². The first kappa shape index (κ1) is 15.4. The lowest BCUT2D eigenvalue weighted by atomic mass is 9.88. The average molecular weight is 291 g/mol. The molecule has 21 heavy (non-hydrogen) atoms. The number of hydrogen-bond donors (Lipinski definition) is 2. The number of nitrogens with one attached hydrogen (secondary N) is 1. The molecular formula is C16H21NO4. The van der Waals surface area contributed by atoms with Crippen molar-refractivity contribution in [2.75, 3.05) is 0 Å². The van der Waals surface area contributed by atoms with Crippen molar-refractivity contribution in [1.82, 2.24) is 5.32 Å². The van der Waals surface area contributed by atoms with E-state index in [9.17, 15) is 14.7 Å². The van der Waals surface area contributed by atoms with Crippen molar-refractivity contribution in [3.05, 3.63) is 35.9 Å². The zero-order chi connectivity index (χ0) is 15.7. The normalized spacial score (nSPS) is 17.7. The lowest BCUT2D eigenvalue weighted by Crippen LogP contribution is -2.50. The number of carboxylic acids is 1. The van der Waals surface area contributed by atoms with Crippen LogP contribution in [0.5, 0.6) is 0 Å². The van der Waals surface area contributed by atoms with Crippen LogP contribution in [0.15, 0.2) is 30.3 Å². The Labute approximate surface area is 124 Å². The second-order valence-electron chi connectivity index (χ2n) is 6.44. The standard InChI is InChI=1S/C16H21NO4/c1-15(2,3)21-14(20)17-12(13(18)19)16(9-10-16)11-7-5-4-6-8-11/h4-8,12H,9-10H2,1-3H3,(H,17,20)(H,18,19)/t12-/m0/s1. The monoisotopic (exact) mass is 291 g/mol. The quantitative estimate of drug-likeness (QED) is 0.894. The maximum atomic E-state index is 11.9. The van der Waals surface area contributed by atoms with Gasteiger partial charge in [0.15, 0.2) is 0 Å². The van der Waals surface area contributed by atoms with Crippen molar-refractivity contribution >= 4 is 12.1 Å². The van der Waals surface area contributed by atoms with Crippen LogP contribution in [0.1, 0.15) is 39.2 Å². The highest BCUT2D eigenvalue weighted by Gasteiger charge is 2.54. The molecule has 0 radical (unpaired) electrons. The molecule has 5 nitrogen and oxygen atoms in total. The number of hydrogen-bond acceptors (Lipinski definition) is 3. The molecule has 0 spiro atoms. The topological polar surface area (TPSA) is 75.6 Å². The van der Waals surface area contributed by atoms with Gasteiger partial charge in [0.2, 0.25) is 0 Å². The van der Waals surface area contributed by atoms with Gasteiger partial charge in [0, 0.05) is 5.41 Å². The lowest BCUT2D eigenvalue weighted by Gasteiger charge is -2.27. The number of aliphatic carboxylic acids is 1. The van der Waals surface area contributed by atoms with Crippen LogP contribution in [0.2, 0.25) is 0 Å². The first-order valence-electron chi connectivity index (χ1n) is 7.02. The van der Waals surface area contributed by atoms with E-state index in [-0.39, 0.29) is 0 Å². The van der Waals surface area contributed by atoms with Crippen LogP contribution < -0.4 is 5.32 Å². The third-order valence-electron chi connectivity index (χ3n) is 3.60. The van der Waals surface area contributed by atoms with Gasteiger partial charge in [-0.25, -0.2) is 9.59 Å². The Kier molecular flexibility index (Phi) is 3.94. The highest BCUT2D eigenvalue weighted by atomic mass is 16.6. The van der Waals surface area contributed by atoms with Gasteiger partial charge in [0.1, 0.15) is 11.6 Å². The summed E-state index contributed by atoms with van der Waals surface area (Å²) in [6, 6.07) is 8.47. The minimum atomic E-state index is -1.04. The number of carbonyl (C=O) groups is 2. The smallest absolute Gasteiger partial charge is 0.408 e. The van der Waals surface area contributed by atoms with E-state index in [0.29, 0.717) is 0 Å². The average Bonchev–Trinajstić information content (AvgIpc) is 3.16. The first-order valence-corrected chi connectivity index (χ1v) is 7.02. The summed E-state index contributed by atoms with van der Waals surface area (Å²) in [5.41, 5.74) is -0.242. The second kappa shape index (κ2) is 5.39. The molecule has 1 aliphatic rings. The van der Waals surface area contributed by atoms with E-state index in [1.165, 1.54) is 0 Å². The molecule has 0 bridgehead atoms. The van der Waals surface area contributed by atoms with Gasteiger partial charge in [-0.1, -0.05) is 30.3 Å². The van der Waals surface area contributed by atoms with Crippen molar-refractivity contribution in [3.8, 4) is 0 Å². The maximum Gasteiger partial charge on any atom is 0.408 e. The van der Waals surface area contributed by atoms with E-state index < -0.39 is 29.1 Å². The third-order valence-corrected chi connectivity index (χ3v) is 3.60. The van der Waals surface area contributed by atoms with Crippen molar-refractivity contribution in [1.29, 1.82) is 0 Å². The number of ether oxygens (including phenoxy) is 1. The highest BCUT2D eigenvalue weighted by molar-refractivity contribution is 5.83. The molecule has 2 rings (SSSR count). The fourth-order valence-corrected chi connectivity index (χ4v) is 2.51. The lowest BCUT2D eigenvalue weighted by molar-refractivity contribution is -0.140. The molecule has 1 aromatic rings. The van der Waals surface area contributed by atoms with Gasteiger partial charge in [-0.05, 0) is 39.2 Å². The molecule has 114 valence electrons. The number of carbonyl (C=O) groups excluding carboxylic acids is 1. The molecule has 0 saturated heterocycles. The fourth-order valence-electron chi connectivity index (χ4n) is 2.51. The summed E-state index contributed by atoms with van der Waals surface area (Å²) in [4.78, 5) is 23.5. The number of carboxylic acid groups (broad SMARTS) is 1. The summed E-state index contributed by atoms with van der Waals surface area (Å²) < 4.78 is 5.16. The molecule has 0 aliphatic heterocycles. The summed E-state index contributed by atoms with van der Waals surface area (Å²) in [6.07, 6.45) is 0.783. The van der Waals surface area contributed by atoms with Gasteiger partial charge in [-0.3, -0.25) is 0 Å². The minimum absolute atomic E-state index is 0.524. The molecule has 1 atom stereocenters. The molecule has 1 aromatic carbocycles. The summed E-state index contributed by atoms with van der Waals surface area (Å²) in [7, 11) is 0. The molecule has 0 unspecified atom stereocenters. The van der Waals surface area contributed by atoms with Gasteiger partial charge < -0.3 is 15.2 Å². The number of alkyl carbamates (subject to hydrolysis) is 1. The van der Waals surface area contributed by atoms with Gasteiger partial charge in [-0.15, -0.1) is 0 Å². The molecule has 1 fully saturated rings. The molecule has 2 N–H and O–H groups in total. The van der Waals surface area contributed by atoms with Crippen molar-refractivity contribution < 1.29 is 19.4 Å².